The molecule has 2 N–H and O–H groups in total. The first-order valence-corrected chi connectivity index (χ1v) is 11.1. The molecule has 2 aliphatic rings. The maximum absolute atomic E-state index is 13.8. The van der Waals surface area contributed by atoms with Gasteiger partial charge in [-0.05, 0) is 47.2 Å². The second-order valence-corrected chi connectivity index (χ2v) is 10.4. The van der Waals surface area contributed by atoms with E-state index in [1.54, 1.807) is 24.3 Å². The number of carbonyl (C=O) groups is 2. The van der Waals surface area contributed by atoms with E-state index in [1.807, 2.05) is 18.2 Å². The minimum atomic E-state index is -1.24. The normalized spacial score (nSPS) is 25.7. The van der Waals surface area contributed by atoms with Gasteiger partial charge < -0.3 is 15.4 Å². The van der Waals surface area contributed by atoms with E-state index < -0.39 is 11.0 Å². The van der Waals surface area contributed by atoms with Crippen molar-refractivity contribution in [1.29, 1.82) is 0 Å². The molecule has 1 fully saturated rings. The molecule has 4 rings (SSSR count). The van der Waals surface area contributed by atoms with Crippen LogP contribution in [0.15, 0.2) is 42.5 Å². The van der Waals surface area contributed by atoms with Crippen LogP contribution in [0.25, 0.3) is 0 Å². The number of halogens is 2. The number of amides is 2. The van der Waals surface area contributed by atoms with Crippen molar-refractivity contribution < 1.29 is 14.3 Å². The lowest BCUT2D eigenvalue weighted by molar-refractivity contribution is -0.158. The van der Waals surface area contributed by atoms with Crippen molar-refractivity contribution >= 4 is 40.7 Å². The maximum Gasteiger partial charge on any atom is 0.238 e. The first-order chi connectivity index (χ1) is 14.6. The summed E-state index contributed by atoms with van der Waals surface area (Å²) in [4.78, 5) is 26.7. The lowest BCUT2D eigenvalue weighted by Crippen LogP contribution is -2.56. The number of fused-ring (bicyclic) bond motifs is 2. The summed E-state index contributed by atoms with van der Waals surface area (Å²) < 4.78 is 6.71. The van der Waals surface area contributed by atoms with Crippen LogP contribution < -0.4 is 10.6 Å². The van der Waals surface area contributed by atoms with E-state index in [2.05, 4.69) is 31.4 Å². The summed E-state index contributed by atoms with van der Waals surface area (Å²) in [5, 5.41) is 6.99. The Morgan fingerprint density at radius 1 is 1.06 bits per heavy atom. The van der Waals surface area contributed by atoms with Crippen molar-refractivity contribution in [2.24, 2.45) is 5.41 Å². The minimum Gasteiger partial charge on any atom is -0.368 e. The lowest BCUT2D eigenvalue weighted by atomic mass is 9.61. The van der Waals surface area contributed by atoms with Crippen LogP contribution in [-0.2, 0) is 25.3 Å². The monoisotopic (exact) mass is 460 g/mol. The third-order valence-corrected chi connectivity index (χ3v) is 6.51. The Bertz CT molecular complexity index is 1050. The zero-order chi connectivity index (χ0) is 22.4. The first kappa shape index (κ1) is 22.1. The van der Waals surface area contributed by atoms with Crippen LogP contribution in [0.1, 0.15) is 44.7 Å². The molecular weight excluding hydrogens is 435 g/mol. The highest BCUT2D eigenvalue weighted by molar-refractivity contribution is 6.31. The fourth-order valence-electron chi connectivity index (χ4n) is 4.71. The highest BCUT2D eigenvalue weighted by Gasteiger charge is 2.64. The smallest absolute Gasteiger partial charge is 0.238 e. The van der Waals surface area contributed by atoms with E-state index in [1.165, 1.54) is 0 Å². The summed E-state index contributed by atoms with van der Waals surface area (Å²) in [6, 6.07) is 12.7. The summed E-state index contributed by atoms with van der Waals surface area (Å²) >= 11 is 12.6. The second kappa shape index (κ2) is 7.80. The first-order valence-electron chi connectivity index (χ1n) is 10.4. The van der Waals surface area contributed by atoms with E-state index in [9.17, 15) is 9.59 Å². The Kier molecular flexibility index (Phi) is 5.57. The summed E-state index contributed by atoms with van der Waals surface area (Å²) in [5.41, 5.74) is -0.408. The second-order valence-electron chi connectivity index (χ2n) is 9.51. The Labute approximate surface area is 192 Å². The number of hydrogen-bond acceptors (Lipinski definition) is 3. The highest BCUT2D eigenvalue weighted by atomic mass is 35.5. The number of ether oxygens (including phenoxy) is 1. The van der Waals surface area contributed by atoms with Crippen molar-refractivity contribution in [3.05, 3.63) is 63.6 Å². The van der Waals surface area contributed by atoms with Crippen LogP contribution in [0.5, 0.6) is 0 Å². The van der Waals surface area contributed by atoms with Gasteiger partial charge in [-0.2, -0.15) is 0 Å². The van der Waals surface area contributed by atoms with Crippen LogP contribution in [0.3, 0.4) is 0 Å². The predicted molar refractivity (Wildman–Crippen MR) is 123 cm³/mol. The summed E-state index contributed by atoms with van der Waals surface area (Å²) in [6.07, 6.45) is 0.384. The largest absolute Gasteiger partial charge is 0.368 e. The molecule has 0 radical (unpaired) electrons. The molecule has 1 unspecified atom stereocenters. The molecule has 0 bridgehead atoms. The van der Waals surface area contributed by atoms with Crippen molar-refractivity contribution in [2.75, 3.05) is 18.5 Å². The number of nitrogens with one attached hydrogen (secondary N) is 2. The van der Waals surface area contributed by atoms with Crippen molar-refractivity contribution in [3.63, 3.8) is 0 Å². The molecular formula is C24H26Cl2N2O3. The molecule has 7 heteroatoms. The molecule has 0 saturated carbocycles. The van der Waals surface area contributed by atoms with Gasteiger partial charge in [-0.3, -0.25) is 9.59 Å². The highest BCUT2D eigenvalue weighted by Crippen LogP contribution is 2.57. The molecule has 0 aromatic heterocycles. The Morgan fingerprint density at radius 2 is 1.81 bits per heavy atom. The van der Waals surface area contributed by atoms with Crippen molar-refractivity contribution in [1.82, 2.24) is 5.32 Å². The fraction of sp³-hybridized carbons (Fsp3) is 0.417. The zero-order valence-electron chi connectivity index (χ0n) is 17.9. The van der Waals surface area contributed by atoms with E-state index in [4.69, 9.17) is 27.9 Å². The Morgan fingerprint density at radius 3 is 2.52 bits per heavy atom. The number of carbonyl (C=O) groups excluding carboxylic acids is 2. The standard InChI is InChI=1S/C24H26Cl2N2O3/c1-22(2,3)14-31-24(15-5-4-6-16(25)11-15)13-20(29)27-10-9-23(24)18-8-7-17(26)12-19(18)28-21(23)30/h4-8,11-12H,9-10,13-14H2,1-3H3,(H,27,29)(H,28,30)/t23?,24-/m1/s1. The summed E-state index contributed by atoms with van der Waals surface area (Å²) in [7, 11) is 0. The van der Waals surface area contributed by atoms with Gasteiger partial charge in [-0.15, -0.1) is 0 Å². The molecule has 1 spiro atoms. The summed E-state index contributed by atoms with van der Waals surface area (Å²) in [5.74, 6) is -0.365. The van der Waals surface area contributed by atoms with Gasteiger partial charge in [-0.1, -0.05) is 62.2 Å². The topological polar surface area (TPSA) is 67.4 Å². The molecule has 31 heavy (non-hydrogen) atoms. The summed E-state index contributed by atoms with van der Waals surface area (Å²) in [6.45, 7) is 6.89. The third-order valence-electron chi connectivity index (χ3n) is 6.04. The molecule has 5 nitrogen and oxygen atoms in total. The van der Waals surface area contributed by atoms with E-state index in [-0.39, 0.29) is 23.7 Å². The van der Waals surface area contributed by atoms with Crippen LogP contribution in [0.2, 0.25) is 10.0 Å². The average molecular weight is 461 g/mol. The third kappa shape index (κ3) is 3.73. The lowest BCUT2D eigenvalue weighted by Gasteiger charge is -2.47. The maximum atomic E-state index is 13.8. The van der Waals surface area contributed by atoms with Gasteiger partial charge in [0.25, 0.3) is 0 Å². The number of hydrogen-bond donors (Lipinski definition) is 2. The Hall–Kier alpha value is -2.08. The van der Waals surface area contributed by atoms with Gasteiger partial charge in [0.15, 0.2) is 0 Å². The molecule has 2 heterocycles. The van der Waals surface area contributed by atoms with Gasteiger partial charge in [-0.25, -0.2) is 0 Å². The minimum absolute atomic E-state index is 0.00108. The van der Waals surface area contributed by atoms with E-state index in [0.29, 0.717) is 40.9 Å². The predicted octanol–water partition coefficient (Wildman–Crippen LogP) is 5.05. The molecule has 164 valence electrons. The number of anilines is 1. The van der Waals surface area contributed by atoms with Gasteiger partial charge in [0.2, 0.25) is 11.8 Å². The molecule has 0 aliphatic carbocycles. The van der Waals surface area contributed by atoms with Gasteiger partial charge in [0, 0.05) is 22.3 Å². The molecule has 1 saturated heterocycles. The van der Waals surface area contributed by atoms with Crippen LogP contribution in [0, 0.1) is 5.41 Å². The van der Waals surface area contributed by atoms with Gasteiger partial charge in [0.1, 0.15) is 11.0 Å². The van der Waals surface area contributed by atoms with Gasteiger partial charge in [0.05, 0.1) is 13.0 Å². The SMILES string of the molecule is CC(C)(C)CO[C@@]1(c2cccc(Cl)c2)CC(=O)NCCC12C(=O)Nc1cc(Cl)ccc12. The average Bonchev–Trinajstić information content (AvgIpc) is 2.85. The zero-order valence-corrected chi connectivity index (χ0v) is 19.4. The molecule has 2 aromatic carbocycles. The quantitative estimate of drug-likeness (QED) is 0.672. The molecule has 2 atom stereocenters. The molecule has 2 aliphatic heterocycles. The number of rotatable bonds is 3. The van der Waals surface area contributed by atoms with E-state index in [0.717, 1.165) is 5.56 Å². The Balaban J connectivity index is 2.03. The number of benzene rings is 2. The molecule has 2 aromatic rings. The van der Waals surface area contributed by atoms with Crippen molar-refractivity contribution in [3.8, 4) is 0 Å². The van der Waals surface area contributed by atoms with Crippen LogP contribution in [0.4, 0.5) is 5.69 Å². The fourth-order valence-corrected chi connectivity index (χ4v) is 5.07. The van der Waals surface area contributed by atoms with E-state index >= 15 is 0 Å². The van der Waals surface area contributed by atoms with Gasteiger partial charge >= 0.3 is 0 Å². The van der Waals surface area contributed by atoms with Crippen molar-refractivity contribution in [2.45, 2.75) is 44.6 Å². The molecule has 2 amide bonds. The van der Waals surface area contributed by atoms with Crippen LogP contribution in [-0.4, -0.2) is 25.0 Å². The van der Waals surface area contributed by atoms with Crippen LogP contribution >= 0.6 is 23.2 Å².